The maximum absolute atomic E-state index is 12.2. The number of carbonyl (C=O) groups excluding carboxylic acids is 1. The van der Waals surface area contributed by atoms with Crippen molar-refractivity contribution in [3.63, 3.8) is 0 Å². The van der Waals surface area contributed by atoms with E-state index in [1.165, 1.54) is 0 Å². The van der Waals surface area contributed by atoms with Gasteiger partial charge in [-0.2, -0.15) is 0 Å². The second kappa shape index (κ2) is 9.32. The summed E-state index contributed by atoms with van der Waals surface area (Å²) in [6.07, 6.45) is 6.68. The molecular formula is C15H29NO3. The molecule has 1 rings (SSSR count). The normalized spacial score (nSPS) is 21.4. The first-order valence-corrected chi connectivity index (χ1v) is 7.76. The van der Waals surface area contributed by atoms with Crippen LogP contribution in [-0.2, 0) is 9.53 Å². The second-order valence-corrected chi connectivity index (χ2v) is 5.39. The van der Waals surface area contributed by atoms with Gasteiger partial charge in [-0.15, -0.1) is 0 Å². The van der Waals surface area contributed by atoms with Gasteiger partial charge in [0.2, 0.25) is 5.91 Å². The minimum absolute atomic E-state index is 0.00880. The molecule has 19 heavy (non-hydrogen) atoms. The van der Waals surface area contributed by atoms with Crippen LogP contribution in [0, 0.1) is 0 Å². The summed E-state index contributed by atoms with van der Waals surface area (Å²) < 4.78 is 5.44. The Morgan fingerprint density at radius 2 is 2.16 bits per heavy atom. The predicted octanol–water partition coefficient (Wildman–Crippen LogP) is 2.35. The monoisotopic (exact) mass is 271 g/mol. The van der Waals surface area contributed by atoms with E-state index in [0.29, 0.717) is 13.0 Å². The first kappa shape index (κ1) is 16.4. The number of piperidine rings is 1. The minimum Gasteiger partial charge on any atom is -0.391 e. The number of rotatable bonds is 8. The average Bonchev–Trinajstić information content (AvgIpc) is 2.46. The summed E-state index contributed by atoms with van der Waals surface area (Å²) in [5, 5.41) is 10.0. The van der Waals surface area contributed by atoms with Crippen LogP contribution in [0.5, 0.6) is 0 Å². The van der Waals surface area contributed by atoms with Crippen LogP contribution in [0.4, 0.5) is 0 Å². The highest BCUT2D eigenvalue weighted by atomic mass is 16.5. The van der Waals surface area contributed by atoms with Gasteiger partial charge in [0.05, 0.1) is 12.1 Å². The topological polar surface area (TPSA) is 49.8 Å². The maximum atomic E-state index is 12.2. The summed E-state index contributed by atoms with van der Waals surface area (Å²) in [5.41, 5.74) is 0. The number of carbonyl (C=O) groups is 1. The Labute approximate surface area is 117 Å². The third-order valence-corrected chi connectivity index (χ3v) is 3.85. The number of nitrogens with zero attached hydrogens (tertiary/aromatic N) is 1. The van der Waals surface area contributed by atoms with E-state index in [-0.39, 0.29) is 18.6 Å². The van der Waals surface area contributed by atoms with E-state index < -0.39 is 6.10 Å². The van der Waals surface area contributed by atoms with Gasteiger partial charge in [0.25, 0.3) is 0 Å². The van der Waals surface area contributed by atoms with Crippen molar-refractivity contribution in [1.29, 1.82) is 0 Å². The molecule has 0 radical (unpaired) electrons. The van der Waals surface area contributed by atoms with Crippen LogP contribution >= 0.6 is 0 Å². The molecular weight excluding hydrogens is 242 g/mol. The zero-order chi connectivity index (χ0) is 14.1. The minimum atomic E-state index is -0.399. The number of likely N-dealkylation sites (tertiary alicyclic amines) is 1. The van der Waals surface area contributed by atoms with Gasteiger partial charge in [-0.3, -0.25) is 4.79 Å². The van der Waals surface area contributed by atoms with E-state index in [4.69, 9.17) is 4.74 Å². The molecule has 0 aromatic rings. The van der Waals surface area contributed by atoms with E-state index in [0.717, 1.165) is 45.1 Å². The van der Waals surface area contributed by atoms with Crippen LogP contribution in [0.3, 0.4) is 0 Å². The number of unbranched alkanes of at least 4 members (excludes halogenated alkanes) is 2. The molecule has 1 saturated heterocycles. The molecule has 1 N–H and O–H groups in total. The molecule has 112 valence electrons. The molecule has 1 amide bonds. The Bertz CT molecular complexity index is 258. The van der Waals surface area contributed by atoms with Crippen molar-refractivity contribution >= 4 is 5.91 Å². The summed E-state index contributed by atoms with van der Waals surface area (Å²) in [4.78, 5) is 14.0. The van der Waals surface area contributed by atoms with Gasteiger partial charge < -0.3 is 14.7 Å². The van der Waals surface area contributed by atoms with Crippen molar-refractivity contribution in [2.24, 2.45) is 0 Å². The molecule has 1 fully saturated rings. The highest BCUT2D eigenvalue weighted by molar-refractivity contribution is 5.78. The fraction of sp³-hybridized carbons (Fsp3) is 0.933. The summed E-state index contributed by atoms with van der Waals surface area (Å²) in [6.45, 7) is 5.70. The molecule has 1 heterocycles. The van der Waals surface area contributed by atoms with E-state index in [9.17, 15) is 9.90 Å². The summed E-state index contributed by atoms with van der Waals surface area (Å²) in [5.74, 6) is 0.0358. The molecule has 1 aliphatic heterocycles. The van der Waals surface area contributed by atoms with Gasteiger partial charge >= 0.3 is 0 Å². The van der Waals surface area contributed by atoms with Crippen molar-refractivity contribution in [1.82, 2.24) is 4.90 Å². The third-order valence-electron chi connectivity index (χ3n) is 3.85. The molecule has 1 aliphatic rings. The standard InChI is InChI=1S/C15H29NO3/c1-3-5-8-11-19-12-15(18)16-10-7-6-9-13(16)14(17)4-2/h13-14,17H,3-12H2,1-2H3. The number of amides is 1. The van der Waals surface area contributed by atoms with Crippen LogP contribution in [0.15, 0.2) is 0 Å². The Morgan fingerprint density at radius 1 is 1.37 bits per heavy atom. The predicted molar refractivity (Wildman–Crippen MR) is 76.0 cm³/mol. The largest absolute Gasteiger partial charge is 0.391 e. The molecule has 0 aliphatic carbocycles. The zero-order valence-electron chi connectivity index (χ0n) is 12.4. The van der Waals surface area contributed by atoms with Gasteiger partial charge in [-0.25, -0.2) is 0 Å². The number of hydrogen-bond donors (Lipinski definition) is 1. The lowest BCUT2D eigenvalue weighted by molar-refractivity contribution is -0.143. The number of aliphatic hydroxyl groups excluding tert-OH is 1. The van der Waals surface area contributed by atoms with Crippen LogP contribution in [-0.4, -0.2) is 47.8 Å². The van der Waals surface area contributed by atoms with Crippen molar-refractivity contribution in [2.75, 3.05) is 19.8 Å². The first-order valence-electron chi connectivity index (χ1n) is 7.76. The molecule has 4 heteroatoms. The number of hydrogen-bond acceptors (Lipinski definition) is 3. The molecule has 2 unspecified atom stereocenters. The fourth-order valence-electron chi connectivity index (χ4n) is 2.64. The quantitative estimate of drug-likeness (QED) is 0.689. The van der Waals surface area contributed by atoms with Crippen molar-refractivity contribution in [3.8, 4) is 0 Å². The van der Waals surface area contributed by atoms with Gasteiger partial charge in [0.1, 0.15) is 6.61 Å². The van der Waals surface area contributed by atoms with Crippen LogP contribution in [0.2, 0.25) is 0 Å². The lowest BCUT2D eigenvalue weighted by Crippen LogP contribution is -2.50. The van der Waals surface area contributed by atoms with Crippen LogP contribution < -0.4 is 0 Å². The Kier molecular flexibility index (Phi) is 8.07. The van der Waals surface area contributed by atoms with Gasteiger partial charge in [0, 0.05) is 13.2 Å². The van der Waals surface area contributed by atoms with E-state index in [1.807, 2.05) is 11.8 Å². The molecule has 0 aromatic carbocycles. The smallest absolute Gasteiger partial charge is 0.248 e. The highest BCUT2D eigenvalue weighted by Crippen LogP contribution is 2.21. The Balaban J connectivity index is 2.35. The summed E-state index contributed by atoms with van der Waals surface area (Å²) in [7, 11) is 0. The fourth-order valence-corrected chi connectivity index (χ4v) is 2.64. The Hall–Kier alpha value is -0.610. The summed E-state index contributed by atoms with van der Waals surface area (Å²) in [6, 6.07) is -0.00880. The lowest BCUT2D eigenvalue weighted by atomic mass is 9.96. The molecule has 2 atom stereocenters. The molecule has 4 nitrogen and oxygen atoms in total. The van der Waals surface area contributed by atoms with Gasteiger partial charge in [-0.1, -0.05) is 26.7 Å². The van der Waals surface area contributed by atoms with Crippen LogP contribution in [0.25, 0.3) is 0 Å². The molecule has 0 bridgehead atoms. The van der Waals surface area contributed by atoms with Gasteiger partial charge in [0.15, 0.2) is 0 Å². The third kappa shape index (κ3) is 5.49. The lowest BCUT2D eigenvalue weighted by Gasteiger charge is -2.38. The highest BCUT2D eigenvalue weighted by Gasteiger charge is 2.30. The van der Waals surface area contributed by atoms with Crippen molar-refractivity contribution < 1.29 is 14.6 Å². The maximum Gasteiger partial charge on any atom is 0.248 e. The van der Waals surface area contributed by atoms with Crippen LogP contribution in [0.1, 0.15) is 58.8 Å². The first-order chi connectivity index (χ1) is 9.20. The van der Waals surface area contributed by atoms with Gasteiger partial charge in [-0.05, 0) is 32.1 Å². The average molecular weight is 271 g/mol. The number of aliphatic hydroxyl groups is 1. The van der Waals surface area contributed by atoms with E-state index >= 15 is 0 Å². The second-order valence-electron chi connectivity index (χ2n) is 5.39. The molecule has 0 saturated carbocycles. The van der Waals surface area contributed by atoms with Crippen molar-refractivity contribution in [2.45, 2.75) is 70.9 Å². The van der Waals surface area contributed by atoms with E-state index in [2.05, 4.69) is 6.92 Å². The number of ether oxygens (including phenoxy) is 1. The molecule has 0 aromatic heterocycles. The molecule has 0 spiro atoms. The van der Waals surface area contributed by atoms with Crippen molar-refractivity contribution in [3.05, 3.63) is 0 Å². The SMILES string of the molecule is CCCCCOCC(=O)N1CCCCC1C(O)CC. The van der Waals surface area contributed by atoms with E-state index in [1.54, 1.807) is 0 Å². The summed E-state index contributed by atoms with van der Waals surface area (Å²) >= 11 is 0. The zero-order valence-corrected chi connectivity index (χ0v) is 12.4. The Morgan fingerprint density at radius 3 is 2.84 bits per heavy atom.